The molecular weight excluding hydrogens is 364 g/mol. The molecule has 3 rings (SSSR count). The molecule has 0 aromatic heterocycles. The van der Waals surface area contributed by atoms with Gasteiger partial charge in [0.05, 0.1) is 9.71 Å². The number of rotatable bonds is 5. The molecule has 4 heteroatoms. The summed E-state index contributed by atoms with van der Waals surface area (Å²) in [6.07, 6.45) is 0.809. The fourth-order valence-corrected chi connectivity index (χ4v) is 5.69. The molecule has 2 aromatic rings. The van der Waals surface area contributed by atoms with Crippen molar-refractivity contribution in [2.24, 2.45) is 0 Å². The van der Waals surface area contributed by atoms with Crippen LogP contribution in [0.5, 0.6) is 0 Å². The number of benzene rings is 2. The van der Waals surface area contributed by atoms with E-state index in [9.17, 15) is 4.21 Å². The molecule has 0 saturated carbocycles. The third kappa shape index (κ3) is 4.34. The van der Waals surface area contributed by atoms with Crippen molar-refractivity contribution in [3.8, 4) is 0 Å². The standard InChI is InChI=1S/C24H32N2OS/c1-18(2)15-22-9-7-20(4)24(17-22)28(6,27)26-13-11-25(12-14-26)23-10-8-19(3)21(5)16-23/h7-10,16-17H,1,6,11-15H2,2-5H3. The average Bonchev–Trinajstić information content (AvgIpc) is 2.65. The largest absolute Gasteiger partial charge is 0.369 e. The van der Waals surface area contributed by atoms with Gasteiger partial charge in [0.25, 0.3) is 0 Å². The molecule has 3 nitrogen and oxygen atoms in total. The third-order valence-corrected chi connectivity index (χ3v) is 7.94. The molecule has 2 aromatic carbocycles. The van der Waals surface area contributed by atoms with Crippen molar-refractivity contribution in [1.29, 1.82) is 0 Å². The molecule has 150 valence electrons. The zero-order chi connectivity index (χ0) is 20.5. The Hall–Kier alpha value is -2.04. The van der Waals surface area contributed by atoms with Crippen LogP contribution >= 0.6 is 0 Å². The van der Waals surface area contributed by atoms with Crippen LogP contribution in [0.25, 0.3) is 0 Å². The highest BCUT2D eigenvalue weighted by molar-refractivity contribution is 7.98. The lowest BCUT2D eigenvalue weighted by molar-refractivity contribution is 0.408. The van der Waals surface area contributed by atoms with Crippen molar-refractivity contribution >= 4 is 21.3 Å². The second-order valence-electron chi connectivity index (χ2n) is 8.06. The predicted octanol–water partition coefficient (Wildman–Crippen LogP) is 4.54. The van der Waals surface area contributed by atoms with Crippen LogP contribution in [0.3, 0.4) is 0 Å². The Morgan fingerprint density at radius 1 is 0.964 bits per heavy atom. The molecule has 1 heterocycles. The lowest BCUT2D eigenvalue weighted by Crippen LogP contribution is -2.48. The van der Waals surface area contributed by atoms with Crippen LogP contribution in [0, 0.1) is 20.8 Å². The normalized spacial score (nSPS) is 17.4. The molecule has 0 radical (unpaired) electrons. The molecule has 1 saturated heterocycles. The Bertz CT molecular complexity index is 984. The monoisotopic (exact) mass is 396 g/mol. The molecule has 1 aliphatic heterocycles. The molecule has 0 aliphatic carbocycles. The van der Waals surface area contributed by atoms with Crippen molar-refractivity contribution in [2.45, 2.75) is 39.0 Å². The maximum atomic E-state index is 13.7. The van der Waals surface area contributed by atoms with Gasteiger partial charge < -0.3 is 4.90 Å². The fraction of sp³-hybridized carbons (Fsp3) is 0.375. The first-order valence-electron chi connectivity index (χ1n) is 9.87. The van der Waals surface area contributed by atoms with Crippen LogP contribution in [0.15, 0.2) is 53.4 Å². The van der Waals surface area contributed by atoms with Gasteiger partial charge in [-0.25, -0.2) is 8.51 Å². The summed E-state index contributed by atoms with van der Waals surface area (Å²) in [7, 11) is -2.49. The second kappa shape index (κ2) is 8.14. The zero-order valence-electron chi connectivity index (χ0n) is 17.6. The predicted molar refractivity (Wildman–Crippen MR) is 123 cm³/mol. The Morgan fingerprint density at radius 2 is 1.61 bits per heavy atom. The molecule has 0 amide bonds. The van der Waals surface area contributed by atoms with E-state index < -0.39 is 9.71 Å². The first kappa shape index (κ1) is 20.7. The van der Waals surface area contributed by atoms with Gasteiger partial charge >= 0.3 is 0 Å². The summed E-state index contributed by atoms with van der Waals surface area (Å²) in [6.45, 7) is 15.6. The fourth-order valence-electron chi connectivity index (χ4n) is 3.75. The number of anilines is 1. The van der Waals surface area contributed by atoms with Gasteiger partial charge in [0, 0.05) is 36.8 Å². The molecule has 0 spiro atoms. The van der Waals surface area contributed by atoms with Gasteiger partial charge in [0.2, 0.25) is 0 Å². The number of nitrogens with zero attached hydrogens (tertiary/aromatic N) is 2. The molecule has 1 unspecified atom stereocenters. The summed E-state index contributed by atoms with van der Waals surface area (Å²) in [6, 6.07) is 12.8. The van der Waals surface area contributed by atoms with E-state index in [1.807, 2.05) is 13.8 Å². The van der Waals surface area contributed by atoms with Crippen molar-refractivity contribution in [3.63, 3.8) is 0 Å². The molecule has 28 heavy (non-hydrogen) atoms. The Kier molecular flexibility index (Phi) is 6.01. The summed E-state index contributed by atoms with van der Waals surface area (Å²) < 4.78 is 15.8. The van der Waals surface area contributed by atoms with E-state index in [-0.39, 0.29) is 0 Å². The molecule has 1 fully saturated rings. The minimum atomic E-state index is -2.49. The lowest BCUT2D eigenvalue weighted by atomic mass is 10.1. The number of hydrogen-bond acceptors (Lipinski definition) is 2. The van der Waals surface area contributed by atoms with Crippen LogP contribution in [-0.2, 0) is 16.1 Å². The van der Waals surface area contributed by atoms with Crippen LogP contribution < -0.4 is 4.90 Å². The van der Waals surface area contributed by atoms with Crippen molar-refractivity contribution in [1.82, 2.24) is 4.31 Å². The van der Waals surface area contributed by atoms with E-state index >= 15 is 0 Å². The van der Waals surface area contributed by atoms with Gasteiger partial charge in [-0.2, -0.15) is 0 Å². The minimum absolute atomic E-state index is 0.749. The van der Waals surface area contributed by atoms with Crippen LogP contribution in [0.1, 0.15) is 29.2 Å². The minimum Gasteiger partial charge on any atom is -0.369 e. The van der Waals surface area contributed by atoms with Crippen LogP contribution in [0.4, 0.5) is 5.69 Å². The van der Waals surface area contributed by atoms with Gasteiger partial charge in [-0.05, 0) is 80.4 Å². The van der Waals surface area contributed by atoms with E-state index in [0.717, 1.165) is 54.2 Å². The van der Waals surface area contributed by atoms with Crippen molar-refractivity contribution in [2.75, 3.05) is 31.1 Å². The highest BCUT2D eigenvalue weighted by Gasteiger charge is 2.25. The van der Waals surface area contributed by atoms with E-state index in [2.05, 4.69) is 71.9 Å². The Labute approximate surface area is 170 Å². The highest BCUT2D eigenvalue weighted by atomic mass is 32.2. The maximum Gasteiger partial charge on any atom is 0.0562 e. The Balaban J connectivity index is 1.77. The van der Waals surface area contributed by atoms with E-state index in [1.54, 1.807) is 0 Å². The first-order valence-corrected chi connectivity index (χ1v) is 11.6. The van der Waals surface area contributed by atoms with E-state index in [1.165, 1.54) is 16.8 Å². The molecule has 1 atom stereocenters. The van der Waals surface area contributed by atoms with Crippen LogP contribution in [0.2, 0.25) is 0 Å². The zero-order valence-corrected chi connectivity index (χ0v) is 18.4. The lowest BCUT2D eigenvalue weighted by Gasteiger charge is -2.38. The quantitative estimate of drug-likeness (QED) is 0.547. The second-order valence-corrected chi connectivity index (χ2v) is 10.3. The van der Waals surface area contributed by atoms with E-state index in [0.29, 0.717) is 0 Å². The van der Waals surface area contributed by atoms with Crippen molar-refractivity contribution in [3.05, 3.63) is 70.8 Å². The summed E-state index contributed by atoms with van der Waals surface area (Å²) in [5, 5.41) is 0. The Morgan fingerprint density at radius 3 is 2.21 bits per heavy atom. The summed E-state index contributed by atoms with van der Waals surface area (Å²) in [4.78, 5) is 3.24. The first-order chi connectivity index (χ1) is 13.2. The number of piperazine rings is 1. The SMILES string of the molecule is C=C(C)Cc1ccc(C)c(S(=C)(=O)N2CCN(c3ccc(C)c(C)c3)CC2)c1. The summed E-state index contributed by atoms with van der Waals surface area (Å²) in [5.74, 6) is 4.18. The van der Waals surface area contributed by atoms with Crippen molar-refractivity contribution < 1.29 is 4.21 Å². The van der Waals surface area contributed by atoms with Gasteiger partial charge in [-0.1, -0.05) is 30.4 Å². The van der Waals surface area contributed by atoms with Gasteiger partial charge in [0.15, 0.2) is 0 Å². The highest BCUT2D eigenvalue weighted by Crippen LogP contribution is 2.26. The van der Waals surface area contributed by atoms with E-state index in [4.69, 9.17) is 0 Å². The third-order valence-electron chi connectivity index (χ3n) is 5.61. The topological polar surface area (TPSA) is 23.6 Å². The van der Waals surface area contributed by atoms with Gasteiger partial charge in [-0.3, -0.25) is 0 Å². The van der Waals surface area contributed by atoms with Crippen LogP contribution in [-0.4, -0.2) is 40.6 Å². The number of hydrogen-bond donors (Lipinski definition) is 0. The molecular formula is C24H32N2OS. The molecule has 0 N–H and O–H groups in total. The molecule has 1 aliphatic rings. The summed E-state index contributed by atoms with van der Waals surface area (Å²) in [5.41, 5.74) is 7.17. The average molecular weight is 397 g/mol. The smallest absolute Gasteiger partial charge is 0.0562 e. The number of aryl methyl sites for hydroxylation is 3. The summed E-state index contributed by atoms with van der Waals surface area (Å²) >= 11 is 0. The van der Waals surface area contributed by atoms with Gasteiger partial charge in [-0.15, -0.1) is 0 Å². The maximum absolute atomic E-state index is 13.7. The number of allylic oxidation sites excluding steroid dienone is 1. The van der Waals surface area contributed by atoms with Gasteiger partial charge in [0.1, 0.15) is 0 Å². The molecule has 0 bridgehead atoms.